The molecule has 7 heteroatoms. The number of rotatable bonds is 6. The molecule has 65 heavy (non-hydrogen) atoms. The van der Waals surface area contributed by atoms with Gasteiger partial charge in [-0.2, -0.15) is 0 Å². The van der Waals surface area contributed by atoms with Crippen LogP contribution in [0.5, 0.6) is 0 Å². The lowest BCUT2D eigenvalue weighted by molar-refractivity contribution is 1.38. The average Bonchev–Trinajstić information content (AvgIpc) is 4.16. The fourth-order valence-corrected chi connectivity index (χ4v) is 21.6. The zero-order valence-electron chi connectivity index (χ0n) is 34.7. The zero-order valence-corrected chi connectivity index (χ0v) is 38.9. The summed E-state index contributed by atoms with van der Waals surface area (Å²) in [4.78, 5) is 10.3. The summed E-state index contributed by atoms with van der Waals surface area (Å²) in [7, 11) is -3.09. The van der Waals surface area contributed by atoms with E-state index in [0.29, 0.717) is 0 Å². The molecule has 0 N–H and O–H groups in total. The Hall–Kier alpha value is -6.84. The number of hydrogen-bond acceptors (Lipinski definition) is 6. The predicted octanol–water partition coefficient (Wildman–Crippen LogP) is 14.7. The van der Waals surface area contributed by atoms with Crippen LogP contribution < -0.4 is 20.7 Å². The van der Waals surface area contributed by atoms with E-state index in [1.54, 1.807) is 0 Å². The van der Waals surface area contributed by atoms with Crippen molar-refractivity contribution in [2.75, 3.05) is 0 Å². The molecule has 0 aliphatic rings. The molecule has 0 spiro atoms. The summed E-state index contributed by atoms with van der Waals surface area (Å²) in [6.45, 7) is 0. The van der Waals surface area contributed by atoms with Crippen molar-refractivity contribution in [2.24, 2.45) is 0 Å². The number of aromatic nitrogens is 2. The standard InChI is InChI=1S/C58H34N2S4Si/c1-3-15-35(16-4-1)65(36-17-5-2-6-18-36,49-29-13-23-41-39-21-11-25-45(53(39)63-55(41)49)51-57-43(31-33-59-51)37-19-7-9-27-47(37)61-57)50-30-14-24-42-40-22-12-26-46(54(40)64-56(42)50)52-58-44(32-34-60-52)38-20-8-10-28-48(38)62-58/h1-34H. The van der Waals surface area contributed by atoms with Crippen molar-refractivity contribution in [3.05, 3.63) is 207 Å². The van der Waals surface area contributed by atoms with Crippen LogP contribution >= 0.6 is 45.3 Å². The average molecular weight is 915 g/mol. The Morgan fingerprint density at radius 2 is 0.646 bits per heavy atom. The second-order valence-corrected chi connectivity index (χ2v) is 24.6. The van der Waals surface area contributed by atoms with E-state index in [4.69, 9.17) is 9.97 Å². The van der Waals surface area contributed by atoms with Crippen LogP contribution in [-0.4, -0.2) is 18.0 Å². The normalized spacial score (nSPS) is 12.3. The first-order valence-corrected chi connectivity index (χ1v) is 27.1. The highest BCUT2D eigenvalue weighted by molar-refractivity contribution is 7.34. The Morgan fingerprint density at radius 1 is 0.277 bits per heavy atom. The van der Waals surface area contributed by atoms with Gasteiger partial charge in [0.25, 0.3) is 0 Å². The Labute approximate surface area is 391 Å². The topological polar surface area (TPSA) is 25.8 Å². The van der Waals surface area contributed by atoms with Gasteiger partial charge in [-0.15, -0.1) is 45.3 Å². The fourth-order valence-electron chi connectivity index (χ4n) is 10.6. The molecule has 0 aliphatic heterocycles. The van der Waals surface area contributed by atoms with Crippen LogP contribution in [0.3, 0.4) is 0 Å². The van der Waals surface area contributed by atoms with Gasteiger partial charge in [0.1, 0.15) is 0 Å². The first-order chi connectivity index (χ1) is 32.3. The van der Waals surface area contributed by atoms with E-state index in [2.05, 4.69) is 194 Å². The molecule has 0 radical (unpaired) electrons. The van der Waals surface area contributed by atoms with Crippen molar-refractivity contribution >= 4 is 155 Å². The lowest BCUT2D eigenvalue weighted by atomic mass is 10.0. The maximum absolute atomic E-state index is 5.14. The Balaban J connectivity index is 1.07. The number of pyridine rings is 2. The van der Waals surface area contributed by atoms with E-state index in [1.165, 1.54) is 113 Å². The summed E-state index contributed by atoms with van der Waals surface area (Å²) >= 11 is 7.59. The van der Waals surface area contributed by atoms with Gasteiger partial charge in [-0.25, -0.2) is 0 Å². The van der Waals surface area contributed by atoms with Crippen molar-refractivity contribution in [2.45, 2.75) is 0 Å². The second-order valence-electron chi connectivity index (χ2n) is 16.7. The molecule has 6 aromatic heterocycles. The Bertz CT molecular complexity index is 3930. The molecule has 0 bridgehead atoms. The third kappa shape index (κ3) is 5.42. The minimum absolute atomic E-state index is 1.06. The highest BCUT2D eigenvalue weighted by atomic mass is 32.1. The van der Waals surface area contributed by atoms with Gasteiger partial charge in [-0.05, 0) is 45.0 Å². The number of hydrogen-bond donors (Lipinski definition) is 0. The van der Waals surface area contributed by atoms with E-state index < -0.39 is 8.07 Å². The zero-order chi connectivity index (χ0) is 42.6. The minimum atomic E-state index is -3.09. The summed E-state index contributed by atoms with van der Waals surface area (Å²) in [6.07, 6.45) is 3.99. The largest absolute Gasteiger partial charge is 0.255 e. The number of fused-ring (bicyclic) bond motifs is 12. The van der Waals surface area contributed by atoms with E-state index in [-0.39, 0.29) is 0 Å². The van der Waals surface area contributed by atoms with Gasteiger partial charge in [-0.1, -0.05) is 170 Å². The van der Waals surface area contributed by atoms with Crippen molar-refractivity contribution < 1.29 is 0 Å². The number of nitrogens with zero attached hydrogens (tertiary/aromatic N) is 2. The smallest absolute Gasteiger partial charge is 0.182 e. The molecule has 0 aliphatic carbocycles. The molecular weight excluding hydrogens is 881 g/mol. The maximum Gasteiger partial charge on any atom is 0.182 e. The predicted molar refractivity (Wildman–Crippen MR) is 288 cm³/mol. The van der Waals surface area contributed by atoms with Crippen molar-refractivity contribution in [3.8, 4) is 22.5 Å². The molecule has 0 atom stereocenters. The van der Waals surface area contributed by atoms with Crippen LogP contribution in [0.25, 0.3) is 103 Å². The Kier molecular flexibility index (Phi) is 8.42. The van der Waals surface area contributed by atoms with Crippen LogP contribution in [0, 0.1) is 0 Å². The SMILES string of the molecule is c1ccc([Si](c2ccccc2)(c2cccc3c2sc2c(-c4nccc5c4sc4ccccc45)cccc23)c2cccc3c2sc2c(-c4nccc5c4sc4ccccc45)cccc23)cc1. The molecule has 0 amide bonds. The van der Waals surface area contributed by atoms with E-state index in [1.807, 2.05) is 57.7 Å². The number of thiophene rings is 4. The molecule has 0 fully saturated rings. The molecule has 0 saturated carbocycles. The molecule has 14 rings (SSSR count). The van der Waals surface area contributed by atoms with Crippen LogP contribution in [0.4, 0.5) is 0 Å². The van der Waals surface area contributed by atoms with E-state index in [0.717, 1.165) is 11.4 Å². The van der Waals surface area contributed by atoms with Crippen LogP contribution in [0.2, 0.25) is 0 Å². The molecule has 304 valence electrons. The molecule has 0 unspecified atom stereocenters. The van der Waals surface area contributed by atoms with Gasteiger partial charge in [-0.3, -0.25) is 9.97 Å². The lowest BCUT2D eigenvalue weighted by Gasteiger charge is -2.35. The van der Waals surface area contributed by atoms with Gasteiger partial charge < -0.3 is 0 Å². The highest BCUT2D eigenvalue weighted by Gasteiger charge is 2.44. The first kappa shape index (κ1) is 37.5. The lowest BCUT2D eigenvalue weighted by Crippen LogP contribution is -2.74. The molecule has 6 heterocycles. The van der Waals surface area contributed by atoms with Crippen LogP contribution in [-0.2, 0) is 0 Å². The molecular formula is C58H34N2S4Si. The first-order valence-electron chi connectivity index (χ1n) is 21.8. The van der Waals surface area contributed by atoms with Crippen LogP contribution in [0.15, 0.2) is 207 Å². The quantitative estimate of drug-likeness (QED) is 0.123. The summed E-state index contributed by atoms with van der Waals surface area (Å²) in [6, 6.07) is 72.6. The van der Waals surface area contributed by atoms with Gasteiger partial charge >= 0.3 is 0 Å². The van der Waals surface area contributed by atoms with Gasteiger partial charge in [0.15, 0.2) is 8.07 Å². The summed E-state index contributed by atoms with van der Waals surface area (Å²) < 4.78 is 10.3. The van der Waals surface area contributed by atoms with Gasteiger partial charge in [0.2, 0.25) is 0 Å². The fraction of sp³-hybridized carbons (Fsp3) is 0. The molecule has 14 aromatic rings. The second kappa shape index (κ2) is 14.6. The van der Waals surface area contributed by atoms with Crippen molar-refractivity contribution in [1.29, 1.82) is 0 Å². The maximum atomic E-state index is 5.14. The van der Waals surface area contributed by atoms with Gasteiger partial charge in [0, 0.05) is 94.8 Å². The third-order valence-corrected chi connectivity index (χ3v) is 23.5. The monoisotopic (exact) mass is 914 g/mol. The van der Waals surface area contributed by atoms with Gasteiger partial charge in [0.05, 0.1) is 20.8 Å². The molecule has 0 saturated heterocycles. The Morgan fingerprint density at radius 3 is 1.11 bits per heavy atom. The van der Waals surface area contributed by atoms with E-state index >= 15 is 0 Å². The molecule has 8 aromatic carbocycles. The van der Waals surface area contributed by atoms with Crippen molar-refractivity contribution in [3.63, 3.8) is 0 Å². The minimum Gasteiger partial charge on any atom is -0.255 e. The molecule has 2 nitrogen and oxygen atoms in total. The summed E-state index contributed by atoms with van der Waals surface area (Å²) in [5.41, 5.74) is 4.51. The highest BCUT2D eigenvalue weighted by Crippen LogP contribution is 2.46. The van der Waals surface area contributed by atoms with Crippen LogP contribution in [0.1, 0.15) is 0 Å². The summed E-state index contributed by atoms with van der Waals surface area (Å²) in [5, 5.41) is 15.8. The number of benzene rings is 8. The van der Waals surface area contributed by atoms with E-state index in [9.17, 15) is 0 Å². The van der Waals surface area contributed by atoms with Crippen molar-refractivity contribution in [1.82, 2.24) is 9.97 Å². The summed E-state index contributed by atoms with van der Waals surface area (Å²) in [5.74, 6) is 0. The third-order valence-electron chi connectivity index (χ3n) is 13.4.